The maximum atomic E-state index is 11.9. The van der Waals surface area contributed by atoms with Crippen LogP contribution in [0.15, 0.2) is 18.2 Å². The van der Waals surface area contributed by atoms with Crippen LogP contribution < -0.4 is 10.6 Å². The number of methoxy groups -OCH3 is 1. The van der Waals surface area contributed by atoms with Gasteiger partial charge in [0.1, 0.15) is 0 Å². The Kier molecular flexibility index (Phi) is 6.10. The molecule has 23 heavy (non-hydrogen) atoms. The second-order valence-electron chi connectivity index (χ2n) is 5.21. The Morgan fingerprint density at radius 1 is 1.17 bits per heavy atom. The standard InChI is InChI=1S/C16H20N2O5/c1-22-8-7-17-16(21)18-14(19)10-23-15(20)13-6-5-11-3-2-4-12(11)9-13/h5-6,9H,2-4,7-8,10H2,1H3,(H2,17,18,19,21). The van der Waals surface area contributed by atoms with E-state index in [0.717, 1.165) is 24.8 Å². The number of aryl methyl sites for hydroxylation is 2. The van der Waals surface area contributed by atoms with Gasteiger partial charge in [0.2, 0.25) is 0 Å². The van der Waals surface area contributed by atoms with Gasteiger partial charge in [-0.3, -0.25) is 10.1 Å². The average molecular weight is 320 g/mol. The molecule has 7 nitrogen and oxygen atoms in total. The summed E-state index contributed by atoms with van der Waals surface area (Å²) in [6, 6.07) is 4.77. The zero-order chi connectivity index (χ0) is 16.7. The lowest BCUT2D eigenvalue weighted by molar-refractivity contribution is -0.123. The first kappa shape index (κ1) is 17.0. The Morgan fingerprint density at radius 3 is 2.74 bits per heavy atom. The molecule has 0 unspecified atom stereocenters. The molecule has 0 aliphatic heterocycles. The predicted octanol–water partition coefficient (Wildman–Crippen LogP) is 0.804. The van der Waals surface area contributed by atoms with Crippen LogP contribution in [0.4, 0.5) is 4.79 Å². The van der Waals surface area contributed by atoms with Crippen molar-refractivity contribution in [2.45, 2.75) is 19.3 Å². The molecule has 2 N–H and O–H groups in total. The molecule has 1 aliphatic rings. The Hall–Kier alpha value is -2.41. The third-order valence-electron chi connectivity index (χ3n) is 3.51. The number of urea groups is 1. The fourth-order valence-corrected chi connectivity index (χ4v) is 2.39. The second kappa shape index (κ2) is 8.28. The molecule has 2 rings (SSSR count). The number of carbonyl (C=O) groups excluding carboxylic acids is 3. The van der Waals surface area contributed by atoms with Gasteiger partial charge in [-0.25, -0.2) is 9.59 Å². The minimum absolute atomic E-state index is 0.282. The highest BCUT2D eigenvalue weighted by atomic mass is 16.5. The van der Waals surface area contributed by atoms with Gasteiger partial charge in [-0.15, -0.1) is 0 Å². The topological polar surface area (TPSA) is 93.7 Å². The summed E-state index contributed by atoms with van der Waals surface area (Å²) in [6.07, 6.45) is 3.08. The van der Waals surface area contributed by atoms with Gasteiger partial charge in [0.25, 0.3) is 5.91 Å². The summed E-state index contributed by atoms with van der Waals surface area (Å²) < 4.78 is 9.68. The van der Waals surface area contributed by atoms with E-state index >= 15 is 0 Å². The molecule has 0 spiro atoms. The van der Waals surface area contributed by atoms with E-state index in [2.05, 4.69) is 10.6 Å². The number of rotatable bonds is 6. The molecule has 1 aromatic carbocycles. The smallest absolute Gasteiger partial charge is 0.338 e. The van der Waals surface area contributed by atoms with Crippen molar-refractivity contribution in [3.63, 3.8) is 0 Å². The van der Waals surface area contributed by atoms with Crippen molar-refractivity contribution >= 4 is 17.9 Å². The number of amides is 3. The SMILES string of the molecule is COCCNC(=O)NC(=O)COC(=O)c1ccc2c(c1)CCC2. The number of benzene rings is 1. The van der Waals surface area contributed by atoms with Crippen LogP contribution in [0.3, 0.4) is 0 Å². The minimum atomic E-state index is -0.686. The van der Waals surface area contributed by atoms with Gasteiger partial charge in [0.15, 0.2) is 6.61 Å². The van der Waals surface area contributed by atoms with E-state index in [-0.39, 0.29) is 6.54 Å². The summed E-state index contributed by atoms with van der Waals surface area (Å²) in [7, 11) is 1.50. The summed E-state index contributed by atoms with van der Waals surface area (Å²) in [4.78, 5) is 34.8. The summed E-state index contributed by atoms with van der Waals surface area (Å²) >= 11 is 0. The quantitative estimate of drug-likeness (QED) is 0.597. The van der Waals surface area contributed by atoms with Crippen molar-refractivity contribution in [3.05, 3.63) is 34.9 Å². The van der Waals surface area contributed by atoms with Crippen LogP contribution in [-0.2, 0) is 27.1 Å². The Labute approximate surface area is 134 Å². The summed E-state index contributed by atoms with van der Waals surface area (Å²) in [6.45, 7) is 0.118. The Balaban J connectivity index is 1.75. The molecule has 1 aromatic rings. The third kappa shape index (κ3) is 5.07. The number of carbonyl (C=O) groups is 3. The molecular weight excluding hydrogens is 300 g/mol. The first-order valence-corrected chi connectivity index (χ1v) is 7.45. The first-order valence-electron chi connectivity index (χ1n) is 7.45. The van der Waals surface area contributed by atoms with Crippen molar-refractivity contribution in [3.8, 4) is 0 Å². The molecule has 1 aliphatic carbocycles. The highest BCUT2D eigenvalue weighted by molar-refractivity contribution is 5.97. The molecule has 0 saturated carbocycles. The Morgan fingerprint density at radius 2 is 1.96 bits per heavy atom. The summed E-state index contributed by atoms with van der Waals surface area (Å²) in [5.74, 6) is -1.26. The van der Waals surface area contributed by atoms with E-state index in [9.17, 15) is 14.4 Å². The fraction of sp³-hybridized carbons (Fsp3) is 0.438. The third-order valence-corrected chi connectivity index (χ3v) is 3.51. The van der Waals surface area contributed by atoms with Crippen molar-refractivity contribution in [2.24, 2.45) is 0 Å². The van der Waals surface area contributed by atoms with Crippen LogP contribution in [0.25, 0.3) is 0 Å². The maximum absolute atomic E-state index is 11.9. The second-order valence-corrected chi connectivity index (χ2v) is 5.21. The van der Waals surface area contributed by atoms with Crippen LogP contribution >= 0.6 is 0 Å². The lowest BCUT2D eigenvalue weighted by Crippen LogP contribution is -2.42. The Bertz CT molecular complexity index is 600. The molecule has 3 amide bonds. The summed E-state index contributed by atoms with van der Waals surface area (Å²) in [5, 5.41) is 4.49. The van der Waals surface area contributed by atoms with Crippen LogP contribution in [0, 0.1) is 0 Å². The fourth-order valence-electron chi connectivity index (χ4n) is 2.39. The van der Waals surface area contributed by atoms with Gasteiger partial charge < -0.3 is 14.8 Å². The molecule has 0 fully saturated rings. The van der Waals surface area contributed by atoms with E-state index < -0.39 is 24.5 Å². The molecule has 124 valence electrons. The van der Waals surface area contributed by atoms with Gasteiger partial charge >= 0.3 is 12.0 Å². The number of nitrogens with one attached hydrogen (secondary N) is 2. The van der Waals surface area contributed by atoms with E-state index in [1.54, 1.807) is 12.1 Å². The first-order chi connectivity index (χ1) is 11.1. The summed E-state index contributed by atoms with van der Waals surface area (Å²) in [5.41, 5.74) is 2.83. The van der Waals surface area contributed by atoms with E-state index in [1.165, 1.54) is 12.7 Å². The highest BCUT2D eigenvalue weighted by Crippen LogP contribution is 2.23. The molecular formula is C16H20N2O5. The zero-order valence-electron chi connectivity index (χ0n) is 13.0. The minimum Gasteiger partial charge on any atom is -0.452 e. The van der Waals surface area contributed by atoms with Crippen molar-refractivity contribution in [1.82, 2.24) is 10.6 Å². The number of imide groups is 1. The molecule has 0 aromatic heterocycles. The largest absolute Gasteiger partial charge is 0.452 e. The van der Waals surface area contributed by atoms with Crippen molar-refractivity contribution in [1.29, 1.82) is 0 Å². The molecule has 0 heterocycles. The van der Waals surface area contributed by atoms with E-state index in [0.29, 0.717) is 12.2 Å². The zero-order valence-corrected chi connectivity index (χ0v) is 13.0. The maximum Gasteiger partial charge on any atom is 0.338 e. The van der Waals surface area contributed by atoms with Crippen LogP contribution in [-0.4, -0.2) is 44.8 Å². The number of ether oxygens (including phenoxy) is 2. The average Bonchev–Trinajstić information content (AvgIpc) is 3.00. The van der Waals surface area contributed by atoms with Crippen LogP contribution in [0.2, 0.25) is 0 Å². The molecule has 0 radical (unpaired) electrons. The van der Waals surface area contributed by atoms with Gasteiger partial charge in [-0.1, -0.05) is 6.07 Å². The lowest BCUT2D eigenvalue weighted by Gasteiger charge is -2.08. The molecule has 0 bridgehead atoms. The number of hydrogen-bond acceptors (Lipinski definition) is 5. The highest BCUT2D eigenvalue weighted by Gasteiger charge is 2.16. The molecule has 0 saturated heterocycles. The monoisotopic (exact) mass is 320 g/mol. The normalized spacial score (nSPS) is 12.4. The number of esters is 1. The van der Waals surface area contributed by atoms with E-state index in [1.807, 2.05) is 6.07 Å². The van der Waals surface area contributed by atoms with Crippen LogP contribution in [0.1, 0.15) is 27.9 Å². The predicted molar refractivity (Wildman–Crippen MR) is 82.2 cm³/mol. The van der Waals surface area contributed by atoms with E-state index in [4.69, 9.17) is 9.47 Å². The van der Waals surface area contributed by atoms with Gasteiger partial charge in [-0.05, 0) is 42.5 Å². The van der Waals surface area contributed by atoms with Crippen molar-refractivity contribution < 1.29 is 23.9 Å². The molecule has 0 atom stereocenters. The van der Waals surface area contributed by atoms with Gasteiger partial charge in [0.05, 0.1) is 12.2 Å². The van der Waals surface area contributed by atoms with Crippen molar-refractivity contribution in [2.75, 3.05) is 26.9 Å². The van der Waals surface area contributed by atoms with Gasteiger partial charge in [-0.2, -0.15) is 0 Å². The lowest BCUT2D eigenvalue weighted by atomic mass is 10.1. The number of fused-ring (bicyclic) bond motifs is 1. The molecule has 7 heteroatoms. The van der Waals surface area contributed by atoms with Crippen LogP contribution in [0.5, 0.6) is 0 Å². The van der Waals surface area contributed by atoms with Gasteiger partial charge in [0, 0.05) is 13.7 Å². The number of hydrogen-bond donors (Lipinski definition) is 2.